The fraction of sp³-hybridized carbons (Fsp3) is 0.467. The van der Waals surface area contributed by atoms with E-state index in [2.05, 4.69) is 13.8 Å². The highest BCUT2D eigenvalue weighted by Crippen LogP contribution is 2.48. The van der Waals surface area contributed by atoms with Gasteiger partial charge in [-0.25, -0.2) is 0 Å². The number of rotatable bonds is 1. The first-order valence-electron chi connectivity index (χ1n) is 6.50. The Labute approximate surface area is 107 Å². The number of hydrogen-bond acceptors (Lipinski definition) is 2. The van der Waals surface area contributed by atoms with Gasteiger partial charge in [-0.15, -0.1) is 0 Å². The highest BCUT2D eigenvalue weighted by Gasteiger charge is 2.54. The molecule has 2 aliphatic rings. The molecule has 0 saturated carbocycles. The van der Waals surface area contributed by atoms with E-state index >= 15 is 0 Å². The zero-order valence-corrected chi connectivity index (χ0v) is 10.8. The van der Waals surface area contributed by atoms with E-state index in [1.54, 1.807) is 0 Å². The van der Waals surface area contributed by atoms with Crippen molar-refractivity contribution in [3.8, 4) is 0 Å². The SMILES string of the molecule is CC(C)C12CC(=O)CCN1C(=O)c1ccccc12. The minimum absolute atomic E-state index is 0.0896. The molecule has 3 nitrogen and oxygen atoms in total. The molecule has 1 amide bonds. The molecule has 0 aliphatic carbocycles. The normalized spacial score (nSPS) is 26.5. The van der Waals surface area contributed by atoms with E-state index in [1.165, 1.54) is 0 Å². The van der Waals surface area contributed by atoms with Gasteiger partial charge in [0.1, 0.15) is 5.78 Å². The van der Waals surface area contributed by atoms with E-state index in [1.807, 2.05) is 29.2 Å². The molecule has 2 heterocycles. The van der Waals surface area contributed by atoms with Crippen LogP contribution < -0.4 is 0 Å². The van der Waals surface area contributed by atoms with E-state index < -0.39 is 5.54 Å². The fourth-order valence-electron chi connectivity index (χ4n) is 3.46. The van der Waals surface area contributed by atoms with Crippen LogP contribution in [-0.4, -0.2) is 23.1 Å². The molecule has 1 aromatic carbocycles. The largest absolute Gasteiger partial charge is 0.328 e. The van der Waals surface area contributed by atoms with Crippen LogP contribution in [0, 0.1) is 5.92 Å². The van der Waals surface area contributed by atoms with Crippen molar-refractivity contribution in [2.75, 3.05) is 6.54 Å². The highest BCUT2D eigenvalue weighted by atomic mass is 16.2. The zero-order valence-electron chi connectivity index (χ0n) is 10.8. The number of hydrogen-bond donors (Lipinski definition) is 0. The summed E-state index contributed by atoms with van der Waals surface area (Å²) in [7, 11) is 0. The van der Waals surface area contributed by atoms with Gasteiger partial charge in [0, 0.05) is 24.9 Å². The molecule has 1 atom stereocenters. The van der Waals surface area contributed by atoms with Crippen molar-refractivity contribution in [3.63, 3.8) is 0 Å². The lowest BCUT2D eigenvalue weighted by molar-refractivity contribution is -0.126. The number of carbonyl (C=O) groups excluding carboxylic acids is 2. The number of nitrogens with zero attached hydrogens (tertiary/aromatic N) is 1. The van der Waals surface area contributed by atoms with Crippen molar-refractivity contribution in [3.05, 3.63) is 35.4 Å². The molecule has 2 aliphatic heterocycles. The topological polar surface area (TPSA) is 37.4 Å². The molecule has 94 valence electrons. The van der Waals surface area contributed by atoms with Crippen LogP contribution in [0.1, 0.15) is 42.6 Å². The number of piperidine rings is 1. The molecule has 3 rings (SSSR count). The molecule has 0 bridgehead atoms. The molecule has 0 aromatic heterocycles. The van der Waals surface area contributed by atoms with E-state index in [0.717, 1.165) is 11.1 Å². The van der Waals surface area contributed by atoms with Crippen LogP contribution >= 0.6 is 0 Å². The monoisotopic (exact) mass is 243 g/mol. The summed E-state index contributed by atoms with van der Waals surface area (Å²) in [6, 6.07) is 7.74. The Bertz CT molecular complexity index is 535. The van der Waals surface area contributed by atoms with Crippen molar-refractivity contribution in [2.24, 2.45) is 5.92 Å². The Kier molecular flexibility index (Phi) is 2.34. The second kappa shape index (κ2) is 3.67. The number of ketones is 1. The van der Waals surface area contributed by atoms with E-state index in [0.29, 0.717) is 19.4 Å². The number of benzene rings is 1. The van der Waals surface area contributed by atoms with Crippen molar-refractivity contribution < 1.29 is 9.59 Å². The predicted octanol–water partition coefficient (Wildman–Crippen LogP) is 2.36. The lowest BCUT2D eigenvalue weighted by Crippen LogP contribution is -2.52. The van der Waals surface area contributed by atoms with Crippen LogP contribution in [0.15, 0.2) is 24.3 Å². The lowest BCUT2D eigenvalue weighted by atomic mass is 9.74. The Hall–Kier alpha value is -1.64. The maximum absolute atomic E-state index is 12.5. The van der Waals surface area contributed by atoms with Gasteiger partial charge in [0.25, 0.3) is 5.91 Å². The first-order chi connectivity index (χ1) is 8.57. The number of Topliss-reactive ketones (excluding diaryl/α,β-unsaturated/α-hetero) is 1. The average molecular weight is 243 g/mol. The van der Waals surface area contributed by atoms with Crippen LogP contribution in [0.4, 0.5) is 0 Å². The third-order valence-electron chi connectivity index (χ3n) is 4.39. The summed E-state index contributed by atoms with van der Waals surface area (Å²) in [5, 5.41) is 0. The van der Waals surface area contributed by atoms with Gasteiger partial charge in [0.05, 0.1) is 5.54 Å². The zero-order chi connectivity index (χ0) is 12.9. The molecule has 0 radical (unpaired) electrons. The molecule has 1 unspecified atom stereocenters. The number of fused-ring (bicyclic) bond motifs is 3. The summed E-state index contributed by atoms with van der Waals surface area (Å²) >= 11 is 0. The molecule has 0 N–H and O–H groups in total. The maximum atomic E-state index is 12.5. The molecule has 3 heteroatoms. The number of carbonyl (C=O) groups is 2. The van der Waals surface area contributed by atoms with Gasteiger partial charge in [-0.1, -0.05) is 32.0 Å². The minimum atomic E-state index is -0.400. The van der Waals surface area contributed by atoms with Gasteiger partial charge >= 0.3 is 0 Å². The van der Waals surface area contributed by atoms with Crippen molar-refractivity contribution in [2.45, 2.75) is 32.2 Å². The standard InChI is InChI=1S/C15H17NO2/c1-10(2)15-9-11(17)7-8-16(15)14(18)12-5-3-4-6-13(12)15/h3-6,10H,7-9H2,1-2H3. The van der Waals surface area contributed by atoms with Gasteiger partial charge in [-0.05, 0) is 17.5 Å². The first-order valence-corrected chi connectivity index (χ1v) is 6.50. The van der Waals surface area contributed by atoms with Crippen LogP contribution in [0.25, 0.3) is 0 Å². The third kappa shape index (κ3) is 1.25. The molecule has 0 spiro atoms. The summed E-state index contributed by atoms with van der Waals surface area (Å²) in [6.45, 7) is 4.76. The van der Waals surface area contributed by atoms with Crippen LogP contribution in [-0.2, 0) is 10.3 Å². The highest BCUT2D eigenvalue weighted by molar-refractivity contribution is 6.02. The summed E-state index contributed by atoms with van der Waals surface area (Å²) in [5.74, 6) is 0.602. The quantitative estimate of drug-likeness (QED) is 0.759. The molecular weight excluding hydrogens is 226 g/mol. The van der Waals surface area contributed by atoms with Crippen molar-refractivity contribution in [1.29, 1.82) is 0 Å². The Morgan fingerprint density at radius 2 is 1.94 bits per heavy atom. The van der Waals surface area contributed by atoms with Gasteiger partial charge in [0.15, 0.2) is 0 Å². The maximum Gasteiger partial charge on any atom is 0.254 e. The Morgan fingerprint density at radius 1 is 1.22 bits per heavy atom. The van der Waals surface area contributed by atoms with E-state index in [4.69, 9.17) is 0 Å². The van der Waals surface area contributed by atoms with Gasteiger partial charge in [-0.3, -0.25) is 9.59 Å². The molecule has 1 fully saturated rings. The molecule has 1 aromatic rings. The van der Waals surface area contributed by atoms with Gasteiger partial charge < -0.3 is 4.90 Å². The fourth-order valence-corrected chi connectivity index (χ4v) is 3.46. The van der Waals surface area contributed by atoms with Crippen molar-refractivity contribution in [1.82, 2.24) is 4.90 Å². The Balaban J connectivity index is 2.24. The van der Waals surface area contributed by atoms with E-state index in [9.17, 15) is 9.59 Å². The smallest absolute Gasteiger partial charge is 0.254 e. The number of amides is 1. The van der Waals surface area contributed by atoms with Gasteiger partial charge in [0.2, 0.25) is 0 Å². The molecular formula is C15H17NO2. The third-order valence-corrected chi connectivity index (χ3v) is 4.39. The van der Waals surface area contributed by atoms with E-state index in [-0.39, 0.29) is 17.6 Å². The second-order valence-electron chi connectivity index (χ2n) is 5.55. The lowest BCUT2D eigenvalue weighted by Gasteiger charge is -2.45. The molecule has 1 saturated heterocycles. The predicted molar refractivity (Wildman–Crippen MR) is 68.2 cm³/mol. The van der Waals surface area contributed by atoms with Crippen LogP contribution in [0.2, 0.25) is 0 Å². The Morgan fingerprint density at radius 3 is 2.67 bits per heavy atom. The van der Waals surface area contributed by atoms with Crippen LogP contribution in [0.5, 0.6) is 0 Å². The second-order valence-corrected chi connectivity index (χ2v) is 5.55. The molecule has 18 heavy (non-hydrogen) atoms. The van der Waals surface area contributed by atoms with Gasteiger partial charge in [-0.2, -0.15) is 0 Å². The van der Waals surface area contributed by atoms with Crippen molar-refractivity contribution >= 4 is 11.7 Å². The minimum Gasteiger partial charge on any atom is -0.328 e. The summed E-state index contributed by atoms with van der Waals surface area (Å²) < 4.78 is 0. The summed E-state index contributed by atoms with van der Waals surface area (Å²) in [4.78, 5) is 26.3. The summed E-state index contributed by atoms with van der Waals surface area (Å²) in [5.41, 5.74) is 1.42. The van der Waals surface area contributed by atoms with Crippen LogP contribution in [0.3, 0.4) is 0 Å². The first kappa shape index (κ1) is 11.5. The average Bonchev–Trinajstić information content (AvgIpc) is 2.61. The summed E-state index contributed by atoms with van der Waals surface area (Å²) in [6.07, 6.45) is 0.960.